The highest BCUT2D eigenvalue weighted by Crippen LogP contribution is 2.20. The minimum absolute atomic E-state index is 0.136. The molecule has 0 aliphatic carbocycles. The van der Waals surface area contributed by atoms with Crippen molar-refractivity contribution in [3.05, 3.63) is 34.1 Å². The van der Waals surface area contributed by atoms with Gasteiger partial charge in [0.1, 0.15) is 5.82 Å². The summed E-state index contributed by atoms with van der Waals surface area (Å²) in [5, 5.41) is 5.02. The Bertz CT molecular complexity index is 630. The van der Waals surface area contributed by atoms with Crippen LogP contribution < -0.4 is 5.14 Å². The lowest BCUT2D eigenvalue weighted by atomic mass is 10.2. The van der Waals surface area contributed by atoms with Crippen LogP contribution in [0.15, 0.2) is 22.7 Å². The van der Waals surface area contributed by atoms with E-state index in [1.807, 2.05) is 0 Å². The fourth-order valence-corrected chi connectivity index (χ4v) is 3.07. The van der Waals surface area contributed by atoms with Gasteiger partial charge in [-0.25, -0.2) is 9.53 Å². The number of halogens is 2. The van der Waals surface area contributed by atoms with Crippen molar-refractivity contribution in [1.82, 2.24) is 9.21 Å². The summed E-state index contributed by atoms with van der Waals surface area (Å²) in [5.41, 5.74) is 0.217. The Morgan fingerprint density at radius 2 is 1.85 bits per heavy atom. The molecule has 2 N–H and O–H groups in total. The van der Waals surface area contributed by atoms with Crippen LogP contribution in [-0.2, 0) is 10.2 Å². The third kappa shape index (κ3) is 3.35. The van der Waals surface area contributed by atoms with Crippen LogP contribution >= 0.6 is 15.9 Å². The molecule has 1 saturated heterocycles. The summed E-state index contributed by atoms with van der Waals surface area (Å²) in [4.78, 5) is 13.7. The quantitative estimate of drug-likeness (QED) is 0.830. The van der Waals surface area contributed by atoms with Gasteiger partial charge in [-0.1, -0.05) is 0 Å². The third-order valence-corrected chi connectivity index (χ3v) is 4.82. The van der Waals surface area contributed by atoms with Crippen LogP contribution in [0.3, 0.4) is 0 Å². The number of carbonyl (C=O) groups excluding carboxylic acids is 1. The Kier molecular flexibility index (Phi) is 4.43. The van der Waals surface area contributed by atoms with Crippen molar-refractivity contribution in [1.29, 1.82) is 0 Å². The number of rotatable bonds is 2. The second-order valence-electron chi connectivity index (χ2n) is 4.36. The molecule has 0 atom stereocenters. The highest BCUT2D eigenvalue weighted by atomic mass is 79.9. The first kappa shape index (κ1) is 15.4. The topological polar surface area (TPSA) is 83.7 Å². The Labute approximate surface area is 124 Å². The summed E-state index contributed by atoms with van der Waals surface area (Å²) < 4.78 is 37.2. The molecule has 0 radical (unpaired) electrons. The van der Waals surface area contributed by atoms with E-state index in [0.717, 1.165) is 10.4 Å². The molecule has 6 nitrogen and oxygen atoms in total. The molecular formula is C11H13BrFN3O3S. The number of benzene rings is 1. The van der Waals surface area contributed by atoms with Crippen molar-refractivity contribution < 1.29 is 17.6 Å². The normalized spacial score (nSPS) is 17.2. The molecule has 1 fully saturated rings. The van der Waals surface area contributed by atoms with Crippen molar-refractivity contribution in [3.8, 4) is 0 Å². The Morgan fingerprint density at radius 3 is 2.40 bits per heavy atom. The van der Waals surface area contributed by atoms with E-state index in [-0.39, 0.29) is 37.6 Å². The lowest BCUT2D eigenvalue weighted by Gasteiger charge is -2.33. The van der Waals surface area contributed by atoms with E-state index in [4.69, 9.17) is 5.14 Å². The van der Waals surface area contributed by atoms with Gasteiger partial charge >= 0.3 is 0 Å². The molecule has 1 aliphatic rings. The van der Waals surface area contributed by atoms with E-state index in [1.54, 1.807) is 0 Å². The minimum atomic E-state index is -3.73. The predicted octanol–water partition coefficient (Wildman–Crippen LogP) is 0.550. The maximum absolute atomic E-state index is 13.2. The number of carbonyl (C=O) groups is 1. The predicted molar refractivity (Wildman–Crippen MR) is 74.7 cm³/mol. The van der Waals surface area contributed by atoms with Gasteiger partial charge in [0.05, 0.1) is 5.56 Å². The van der Waals surface area contributed by atoms with Gasteiger partial charge < -0.3 is 4.90 Å². The van der Waals surface area contributed by atoms with Crippen LogP contribution in [0, 0.1) is 5.82 Å². The first-order valence-electron chi connectivity index (χ1n) is 5.81. The molecule has 1 aromatic rings. The average molecular weight is 366 g/mol. The number of hydrogen-bond acceptors (Lipinski definition) is 3. The number of piperazine rings is 1. The molecule has 9 heteroatoms. The van der Waals surface area contributed by atoms with Gasteiger partial charge in [0.15, 0.2) is 0 Å². The summed E-state index contributed by atoms with van der Waals surface area (Å²) in [7, 11) is -3.73. The first-order chi connectivity index (χ1) is 9.29. The zero-order valence-corrected chi connectivity index (χ0v) is 12.8. The fraction of sp³-hybridized carbons (Fsp3) is 0.364. The summed E-state index contributed by atoms with van der Waals surface area (Å²) in [6.45, 7) is 0.714. The maximum Gasteiger partial charge on any atom is 0.277 e. The Balaban J connectivity index is 2.11. The van der Waals surface area contributed by atoms with Crippen molar-refractivity contribution in [2.45, 2.75) is 0 Å². The van der Waals surface area contributed by atoms with Crippen molar-refractivity contribution in [2.75, 3.05) is 26.2 Å². The van der Waals surface area contributed by atoms with E-state index in [0.29, 0.717) is 4.47 Å². The van der Waals surface area contributed by atoms with E-state index in [2.05, 4.69) is 15.9 Å². The second-order valence-corrected chi connectivity index (χ2v) is 6.76. The molecule has 1 aromatic carbocycles. The minimum Gasteiger partial charge on any atom is -0.336 e. The van der Waals surface area contributed by atoms with Crippen LogP contribution in [0.2, 0.25) is 0 Å². The van der Waals surface area contributed by atoms with Gasteiger partial charge in [0.2, 0.25) is 0 Å². The van der Waals surface area contributed by atoms with E-state index < -0.39 is 16.0 Å². The molecular weight excluding hydrogens is 353 g/mol. The van der Waals surface area contributed by atoms with Crippen LogP contribution in [0.25, 0.3) is 0 Å². The van der Waals surface area contributed by atoms with E-state index >= 15 is 0 Å². The molecule has 0 aromatic heterocycles. The molecule has 1 heterocycles. The van der Waals surface area contributed by atoms with Gasteiger partial charge in [-0.3, -0.25) is 4.79 Å². The maximum atomic E-state index is 13.2. The van der Waals surface area contributed by atoms with E-state index in [9.17, 15) is 17.6 Å². The molecule has 0 saturated carbocycles. The summed E-state index contributed by atoms with van der Waals surface area (Å²) in [5.74, 6) is -0.842. The van der Waals surface area contributed by atoms with Gasteiger partial charge in [-0.2, -0.15) is 12.7 Å². The molecule has 110 valence electrons. The van der Waals surface area contributed by atoms with Gasteiger partial charge in [-0.05, 0) is 34.1 Å². The average Bonchev–Trinajstić information content (AvgIpc) is 2.40. The number of nitrogens with zero attached hydrogens (tertiary/aromatic N) is 2. The molecule has 2 rings (SSSR count). The van der Waals surface area contributed by atoms with Gasteiger partial charge in [0, 0.05) is 30.7 Å². The molecule has 0 bridgehead atoms. The first-order valence-corrected chi connectivity index (χ1v) is 8.11. The molecule has 0 unspecified atom stereocenters. The summed E-state index contributed by atoms with van der Waals surface area (Å²) in [6.07, 6.45) is 0. The standard InChI is InChI=1S/C11H13BrFN3O3S/c12-10-2-1-8(13)7-9(10)11(17)15-3-5-16(6-4-15)20(14,18)19/h1-2,7H,3-6H2,(H2,14,18,19). The van der Waals surface area contributed by atoms with E-state index in [1.165, 1.54) is 17.0 Å². The van der Waals surface area contributed by atoms with Crippen LogP contribution in [0.4, 0.5) is 4.39 Å². The second kappa shape index (κ2) is 5.76. The lowest BCUT2D eigenvalue weighted by molar-refractivity contribution is 0.0696. The van der Waals surface area contributed by atoms with Crippen molar-refractivity contribution in [2.24, 2.45) is 5.14 Å². The zero-order valence-electron chi connectivity index (χ0n) is 10.4. The zero-order chi connectivity index (χ0) is 14.9. The summed E-state index contributed by atoms with van der Waals surface area (Å²) >= 11 is 3.20. The number of nitrogens with two attached hydrogens (primary N) is 1. The molecule has 20 heavy (non-hydrogen) atoms. The third-order valence-electron chi connectivity index (χ3n) is 3.04. The molecule has 0 spiro atoms. The highest BCUT2D eigenvalue weighted by Gasteiger charge is 2.27. The lowest BCUT2D eigenvalue weighted by Crippen LogP contribution is -2.52. The molecule has 1 aliphatic heterocycles. The fourth-order valence-electron chi connectivity index (χ4n) is 1.98. The number of hydrogen-bond donors (Lipinski definition) is 1. The largest absolute Gasteiger partial charge is 0.336 e. The van der Waals surface area contributed by atoms with Crippen LogP contribution in [-0.4, -0.2) is 49.7 Å². The molecule has 1 amide bonds. The van der Waals surface area contributed by atoms with Crippen molar-refractivity contribution >= 4 is 32.0 Å². The van der Waals surface area contributed by atoms with Crippen LogP contribution in [0.1, 0.15) is 10.4 Å². The monoisotopic (exact) mass is 365 g/mol. The SMILES string of the molecule is NS(=O)(=O)N1CCN(C(=O)c2cc(F)ccc2Br)CC1. The van der Waals surface area contributed by atoms with Crippen molar-refractivity contribution in [3.63, 3.8) is 0 Å². The van der Waals surface area contributed by atoms with Gasteiger partial charge in [0.25, 0.3) is 16.1 Å². The smallest absolute Gasteiger partial charge is 0.277 e. The van der Waals surface area contributed by atoms with Gasteiger partial charge in [-0.15, -0.1) is 0 Å². The Hall–Kier alpha value is -1.03. The Morgan fingerprint density at radius 1 is 1.25 bits per heavy atom. The number of amides is 1. The highest BCUT2D eigenvalue weighted by molar-refractivity contribution is 9.10. The van der Waals surface area contributed by atoms with Crippen LogP contribution in [0.5, 0.6) is 0 Å². The summed E-state index contributed by atoms with van der Waals surface area (Å²) in [6, 6.07) is 3.86.